The van der Waals surface area contributed by atoms with Crippen LogP contribution in [0.4, 0.5) is 7.77 Å². The van der Waals surface area contributed by atoms with Crippen LogP contribution >= 0.6 is 0 Å². The van der Waals surface area contributed by atoms with Crippen molar-refractivity contribution in [3.05, 3.63) is 24.3 Å². The normalized spacial score (nSPS) is 12.7. The summed E-state index contributed by atoms with van der Waals surface area (Å²) in [5.74, 6) is 0. The lowest BCUT2D eigenvalue weighted by Gasteiger charge is -1.96. The summed E-state index contributed by atoms with van der Waals surface area (Å²) in [4.78, 5) is -1.44. The standard InChI is InChI=1S/C6H4F2O4S2/c7-13(9,10)5-1-2-6(4-3-5)14(8,11)12/h1-4H. The molecule has 8 heteroatoms. The number of rotatable bonds is 2. The highest BCUT2D eigenvalue weighted by Crippen LogP contribution is 2.17. The van der Waals surface area contributed by atoms with Gasteiger partial charge in [0.25, 0.3) is 0 Å². The summed E-state index contributed by atoms with van der Waals surface area (Å²) < 4.78 is 65.7. The Morgan fingerprint density at radius 3 is 1.07 bits per heavy atom. The fourth-order valence-electron chi connectivity index (χ4n) is 0.765. The Morgan fingerprint density at radius 2 is 0.929 bits per heavy atom. The van der Waals surface area contributed by atoms with Crippen LogP contribution in [-0.2, 0) is 20.4 Å². The van der Waals surface area contributed by atoms with E-state index in [2.05, 4.69) is 0 Å². The van der Waals surface area contributed by atoms with Gasteiger partial charge in [0, 0.05) is 0 Å². The lowest BCUT2D eigenvalue weighted by Crippen LogP contribution is -1.95. The molecule has 0 unspecified atom stereocenters. The molecule has 0 radical (unpaired) electrons. The van der Waals surface area contributed by atoms with Crippen molar-refractivity contribution in [2.24, 2.45) is 0 Å². The van der Waals surface area contributed by atoms with Crippen molar-refractivity contribution in [1.29, 1.82) is 0 Å². The molecule has 4 nitrogen and oxygen atoms in total. The number of hydrogen-bond acceptors (Lipinski definition) is 4. The maximum Gasteiger partial charge on any atom is 0.332 e. The van der Waals surface area contributed by atoms with E-state index in [1.807, 2.05) is 0 Å². The molecule has 0 amide bonds. The Bertz CT molecular complexity index is 479. The maximum absolute atomic E-state index is 12.3. The van der Waals surface area contributed by atoms with E-state index in [1.165, 1.54) is 0 Å². The van der Waals surface area contributed by atoms with E-state index >= 15 is 0 Å². The SMILES string of the molecule is O=S(=O)(F)c1ccc(S(=O)(=O)F)cc1. The Balaban J connectivity index is 3.28. The van der Waals surface area contributed by atoms with Gasteiger partial charge in [-0.1, -0.05) is 0 Å². The van der Waals surface area contributed by atoms with Crippen LogP contribution in [0.1, 0.15) is 0 Å². The predicted molar refractivity (Wildman–Crippen MR) is 43.0 cm³/mol. The quantitative estimate of drug-likeness (QED) is 0.725. The summed E-state index contributed by atoms with van der Waals surface area (Å²) in [6.45, 7) is 0. The zero-order chi connectivity index (χ0) is 11.0. The molecule has 0 spiro atoms. The van der Waals surface area contributed by atoms with Crippen molar-refractivity contribution in [2.45, 2.75) is 9.79 Å². The molecule has 0 aliphatic heterocycles. The molecular weight excluding hydrogens is 238 g/mol. The predicted octanol–water partition coefficient (Wildman–Crippen LogP) is 1.00. The minimum atomic E-state index is -4.88. The van der Waals surface area contributed by atoms with Crippen LogP contribution < -0.4 is 0 Å². The third-order valence-electron chi connectivity index (χ3n) is 1.39. The summed E-state index contributed by atoms with van der Waals surface area (Å²) in [7, 11) is -9.76. The summed E-state index contributed by atoms with van der Waals surface area (Å²) in [5.41, 5.74) is 0. The second kappa shape index (κ2) is 3.28. The Labute approximate surface area is 79.6 Å². The lowest BCUT2D eigenvalue weighted by atomic mass is 10.4. The average molecular weight is 242 g/mol. The van der Waals surface area contributed by atoms with Gasteiger partial charge in [0.15, 0.2) is 0 Å². The molecule has 0 N–H and O–H groups in total. The molecule has 0 aliphatic carbocycles. The second-order valence-corrected chi connectivity index (χ2v) is 5.04. The first-order valence-corrected chi connectivity index (χ1v) is 5.97. The van der Waals surface area contributed by atoms with Gasteiger partial charge in [-0.05, 0) is 24.3 Å². The van der Waals surface area contributed by atoms with Gasteiger partial charge in [-0.3, -0.25) is 0 Å². The first-order valence-electron chi connectivity index (χ1n) is 3.20. The van der Waals surface area contributed by atoms with Crippen molar-refractivity contribution in [1.82, 2.24) is 0 Å². The highest BCUT2D eigenvalue weighted by atomic mass is 32.3. The number of hydrogen-bond donors (Lipinski definition) is 0. The second-order valence-electron chi connectivity index (χ2n) is 2.35. The summed E-state index contributed by atoms with van der Waals surface area (Å²) in [5, 5.41) is 0. The lowest BCUT2D eigenvalue weighted by molar-refractivity contribution is 0.547. The largest absolute Gasteiger partial charge is 0.332 e. The van der Waals surface area contributed by atoms with E-state index in [9.17, 15) is 24.6 Å². The molecule has 1 rings (SSSR count). The third kappa shape index (κ3) is 2.48. The molecule has 0 aromatic heterocycles. The summed E-state index contributed by atoms with van der Waals surface area (Å²) in [6, 6.07) is 2.67. The van der Waals surface area contributed by atoms with Crippen molar-refractivity contribution in [3.63, 3.8) is 0 Å². The van der Waals surface area contributed by atoms with Gasteiger partial charge in [0.2, 0.25) is 0 Å². The van der Waals surface area contributed by atoms with E-state index in [4.69, 9.17) is 0 Å². The maximum atomic E-state index is 12.3. The highest BCUT2D eigenvalue weighted by molar-refractivity contribution is 7.86. The van der Waals surface area contributed by atoms with Gasteiger partial charge in [-0.15, -0.1) is 7.77 Å². The summed E-state index contributed by atoms with van der Waals surface area (Å²) in [6.07, 6.45) is 0. The highest BCUT2D eigenvalue weighted by Gasteiger charge is 2.15. The van der Waals surface area contributed by atoms with Crippen molar-refractivity contribution in [2.75, 3.05) is 0 Å². The molecule has 0 saturated heterocycles. The number of benzene rings is 1. The van der Waals surface area contributed by atoms with E-state index in [1.54, 1.807) is 0 Å². The van der Waals surface area contributed by atoms with E-state index in [0.717, 1.165) is 0 Å². The van der Waals surface area contributed by atoms with Crippen LogP contribution in [0.15, 0.2) is 34.1 Å². The van der Waals surface area contributed by atoms with Crippen molar-refractivity contribution >= 4 is 20.4 Å². The molecule has 14 heavy (non-hydrogen) atoms. The Kier molecular flexibility index (Phi) is 2.59. The molecule has 1 aromatic carbocycles. The van der Waals surface area contributed by atoms with E-state index < -0.39 is 30.2 Å². The average Bonchev–Trinajstić information content (AvgIpc) is 2.01. The number of halogens is 2. The molecule has 0 aliphatic rings. The third-order valence-corrected chi connectivity index (χ3v) is 3.06. The monoisotopic (exact) mass is 242 g/mol. The molecule has 0 saturated carbocycles. The first-order chi connectivity index (χ1) is 6.21. The van der Waals surface area contributed by atoms with Crippen LogP contribution in [-0.4, -0.2) is 16.8 Å². The smallest absolute Gasteiger partial charge is 0.189 e. The molecule has 0 fully saturated rings. The zero-order valence-electron chi connectivity index (χ0n) is 6.51. The molecule has 0 bridgehead atoms. The van der Waals surface area contributed by atoms with E-state index in [-0.39, 0.29) is 0 Å². The van der Waals surface area contributed by atoms with Crippen LogP contribution in [0.3, 0.4) is 0 Å². The minimum Gasteiger partial charge on any atom is -0.189 e. The van der Waals surface area contributed by atoms with E-state index in [0.29, 0.717) is 24.3 Å². The first kappa shape index (κ1) is 11.1. The van der Waals surface area contributed by atoms with Crippen LogP contribution in [0.5, 0.6) is 0 Å². The van der Waals surface area contributed by atoms with Crippen LogP contribution in [0.25, 0.3) is 0 Å². The van der Waals surface area contributed by atoms with Crippen LogP contribution in [0.2, 0.25) is 0 Å². The minimum absolute atomic E-state index is 0.668. The topological polar surface area (TPSA) is 68.3 Å². The van der Waals surface area contributed by atoms with Gasteiger partial charge in [-0.2, -0.15) is 16.8 Å². The van der Waals surface area contributed by atoms with Gasteiger partial charge in [-0.25, -0.2) is 0 Å². The fraction of sp³-hybridized carbons (Fsp3) is 0. The Morgan fingerprint density at radius 1 is 0.714 bits per heavy atom. The molecule has 78 valence electrons. The van der Waals surface area contributed by atoms with Crippen molar-refractivity contribution in [3.8, 4) is 0 Å². The fourth-order valence-corrected chi connectivity index (χ4v) is 1.69. The van der Waals surface area contributed by atoms with Crippen LogP contribution in [0, 0.1) is 0 Å². The molecular formula is C6H4F2O4S2. The van der Waals surface area contributed by atoms with Crippen molar-refractivity contribution < 1.29 is 24.6 Å². The molecule has 1 aromatic rings. The summed E-state index contributed by atoms with van der Waals surface area (Å²) >= 11 is 0. The Hall–Kier alpha value is -1.02. The van der Waals surface area contributed by atoms with Gasteiger partial charge in [0.05, 0.1) is 9.79 Å². The van der Waals surface area contributed by atoms with Gasteiger partial charge < -0.3 is 0 Å². The zero-order valence-corrected chi connectivity index (χ0v) is 8.15. The molecule has 0 heterocycles. The van der Waals surface area contributed by atoms with Gasteiger partial charge >= 0.3 is 20.4 Å². The van der Waals surface area contributed by atoms with Gasteiger partial charge in [0.1, 0.15) is 0 Å². The molecule has 0 atom stereocenters.